The molecule has 1 aromatic carbocycles. The van der Waals surface area contributed by atoms with Crippen LogP contribution < -0.4 is 10.6 Å². The Morgan fingerprint density at radius 1 is 1.09 bits per heavy atom. The van der Waals surface area contributed by atoms with E-state index in [4.69, 9.17) is 17.3 Å². The second-order valence-electron chi connectivity index (χ2n) is 5.51. The van der Waals surface area contributed by atoms with Crippen molar-refractivity contribution in [1.82, 2.24) is 9.88 Å². The second-order valence-corrected chi connectivity index (χ2v) is 5.95. The van der Waals surface area contributed by atoms with E-state index in [0.717, 1.165) is 24.5 Å². The maximum absolute atomic E-state index is 12.5. The number of anilines is 1. The standard InChI is InChI=1S/C17H19ClN4O/c18-15-5-6-16(20-12-15)21-7-9-22(10-8-21)17(23)14-3-1-13(11-19)2-4-14/h1-6,12H,7-11,19H2. The third-order valence-corrected chi connectivity index (χ3v) is 4.26. The van der Waals surface area contributed by atoms with E-state index in [0.29, 0.717) is 30.2 Å². The third-order valence-electron chi connectivity index (χ3n) is 4.04. The van der Waals surface area contributed by atoms with Crippen LogP contribution in [0.3, 0.4) is 0 Å². The lowest BCUT2D eigenvalue weighted by molar-refractivity contribution is 0.0746. The first kappa shape index (κ1) is 15.8. The van der Waals surface area contributed by atoms with Crippen molar-refractivity contribution in [1.29, 1.82) is 0 Å². The van der Waals surface area contributed by atoms with Crippen molar-refractivity contribution in [2.24, 2.45) is 5.73 Å². The van der Waals surface area contributed by atoms with Crippen molar-refractivity contribution in [3.05, 3.63) is 58.7 Å². The summed E-state index contributed by atoms with van der Waals surface area (Å²) in [6.07, 6.45) is 1.65. The largest absolute Gasteiger partial charge is 0.353 e. The van der Waals surface area contributed by atoms with Gasteiger partial charge >= 0.3 is 0 Å². The zero-order valence-electron chi connectivity index (χ0n) is 12.8. The predicted octanol–water partition coefficient (Wildman–Crippen LogP) is 2.16. The number of nitrogens with two attached hydrogens (primary N) is 1. The maximum atomic E-state index is 12.5. The summed E-state index contributed by atoms with van der Waals surface area (Å²) in [5, 5.41) is 0.628. The van der Waals surface area contributed by atoms with Gasteiger partial charge in [0.15, 0.2) is 0 Å². The fourth-order valence-electron chi connectivity index (χ4n) is 2.66. The van der Waals surface area contributed by atoms with Crippen molar-refractivity contribution in [2.75, 3.05) is 31.1 Å². The minimum absolute atomic E-state index is 0.0669. The molecule has 23 heavy (non-hydrogen) atoms. The molecule has 1 amide bonds. The average molecular weight is 331 g/mol. The number of halogens is 1. The van der Waals surface area contributed by atoms with Crippen LogP contribution >= 0.6 is 11.6 Å². The Balaban J connectivity index is 1.61. The Hall–Kier alpha value is -2.11. The van der Waals surface area contributed by atoms with Gasteiger partial charge in [0.25, 0.3) is 5.91 Å². The summed E-state index contributed by atoms with van der Waals surface area (Å²) < 4.78 is 0. The van der Waals surface area contributed by atoms with Gasteiger partial charge in [-0.2, -0.15) is 0 Å². The van der Waals surface area contributed by atoms with Gasteiger partial charge in [-0.25, -0.2) is 4.98 Å². The Bertz CT molecular complexity index is 664. The highest BCUT2D eigenvalue weighted by Gasteiger charge is 2.22. The van der Waals surface area contributed by atoms with Crippen LogP contribution in [-0.2, 0) is 6.54 Å². The van der Waals surface area contributed by atoms with E-state index in [-0.39, 0.29) is 5.91 Å². The van der Waals surface area contributed by atoms with E-state index in [1.165, 1.54) is 0 Å². The average Bonchev–Trinajstić information content (AvgIpc) is 2.62. The summed E-state index contributed by atoms with van der Waals surface area (Å²) in [6, 6.07) is 11.2. The number of pyridine rings is 1. The Labute approximate surface area is 140 Å². The molecule has 0 unspecified atom stereocenters. The lowest BCUT2D eigenvalue weighted by Crippen LogP contribution is -2.49. The van der Waals surface area contributed by atoms with Crippen LogP contribution in [0.25, 0.3) is 0 Å². The van der Waals surface area contributed by atoms with Crippen LogP contribution in [-0.4, -0.2) is 42.0 Å². The molecule has 0 aliphatic carbocycles. The molecule has 0 atom stereocenters. The fraction of sp³-hybridized carbons (Fsp3) is 0.294. The quantitative estimate of drug-likeness (QED) is 0.936. The third kappa shape index (κ3) is 3.63. The highest BCUT2D eigenvalue weighted by Crippen LogP contribution is 2.17. The molecule has 3 rings (SSSR count). The number of carbonyl (C=O) groups excluding carboxylic acids is 1. The molecule has 6 heteroatoms. The number of rotatable bonds is 3. The van der Waals surface area contributed by atoms with Gasteiger partial charge in [-0.3, -0.25) is 4.79 Å². The molecule has 5 nitrogen and oxygen atoms in total. The van der Waals surface area contributed by atoms with E-state index in [9.17, 15) is 4.79 Å². The van der Waals surface area contributed by atoms with Crippen LogP contribution in [0.1, 0.15) is 15.9 Å². The Morgan fingerprint density at radius 3 is 2.35 bits per heavy atom. The van der Waals surface area contributed by atoms with Gasteiger partial charge in [-0.1, -0.05) is 23.7 Å². The fourth-order valence-corrected chi connectivity index (χ4v) is 2.77. The summed E-state index contributed by atoms with van der Waals surface area (Å²) in [4.78, 5) is 20.9. The van der Waals surface area contributed by atoms with Gasteiger partial charge in [0.1, 0.15) is 5.82 Å². The summed E-state index contributed by atoms with van der Waals surface area (Å²) in [5.74, 6) is 0.964. The molecule has 0 bridgehead atoms. The summed E-state index contributed by atoms with van der Waals surface area (Å²) in [5.41, 5.74) is 7.32. The molecule has 2 N–H and O–H groups in total. The van der Waals surface area contributed by atoms with Gasteiger partial charge in [-0.15, -0.1) is 0 Å². The van der Waals surface area contributed by atoms with Crippen LogP contribution in [0.5, 0.6) is 0 Å². The lowest BCUT2D eigenvalue weighted by Gasteiger charge is -2.35. The number of hydrogen-bond acceptors (Lipinski definition) is 4. The normalized spacial score (nSPS) is 14.9. The van der Waals surface area contributed by atoms with Gasteiger partial charge < -0.3 is 15.5 Å². The molecule has 1 aliphatic rings. The number of nitrogens with zero attached hydrogens (tertiary/aromatic N) is 3. The molecule has 120 valence electrons. The van der Waals surface area contributed by atoms with Gasteiger partial charge in [0, 0.05) is 44.5 Å². The molecule has 0 saturated carbocycles. The highest BCUT2D eigenvalue weighted by atomic mass is 35.5. The number of hydrogen-bond donors (Lipinski definition) is 1. The number of carbonyl (C=O) groups is 1. The van der Waals surface area contributed by atoms with Crippen LogP contribution in [0.15, 0.2) is 42.6 Å². The summed E-state index contributed by atoms with van der Waals surface area (Å²) in [7, 11) is 0. The van der Waals surface area contributed by atoms with E-state index in [1.807, 2.05) is 41.3 Å². The van der Waals surface area contributed by atoms with Crippen molar-refractivity contribution in [3.8, 4) is 0 Å². The molecule has 0 radical (unpaired) electrons. The minimum atomic E-state index is 0.0669. The van der Waals surface area contributed by atoms with E-state index in [1.54, 1.807) is 6.20 Å². The molecular formula is C17H19ClN4O. The molecule has 0 spiro atoms. The molecule has 1 aromatic heterocycles. The number of benzene rings is 1. The van der Waals surface area contributed by atoms with Crippen molar-refractivity contribution in [3.63, 3.8) is 0 Å². The molecule has 2 heterocycles. The van der Waals surface area contributed by atoms with Crippen molar-refractivity contribution >= 4 is 23.3 Å². The SMILES string of the molecule is NCc1ccc(C(=O)N2CCN(c3ccc(Cl)cn3)CC2)cc1. The number of piperazine rings is 1. The van der Waals surface area contributed by atoms with Crippen molar-refractivity contribution < 1.29 is 4.79 Å². The molecular weight excluding hydrogens is 312 g/mol. The van der Waals surface area contributed by atoms with Crippen LogP contribution in [0, 0.1) is 0 Å². The number of amides is 1. The second kappa shape index (κ2) is 6.98. The monoisotopic (exact) mass is 330 g/mol. The van der Waals surface area contributed by atoms with Crippen LogP contribution in [0.4, 0.5) is 5.82 Å². The van der Waals surface area contributed by atoms with E-state index >= 15 is 0 Å². The van der Waals surface area contributed by atoms with E-state index < -0.39 is 0 Å². The van der Waals surface area contributed by atoms with Crippen molar-refractivity contribution in [2.45, 2.75) is 6.54 Å². The molecule has 1 fully saturated rings. The Morgan fingerprint density at radius 2 is 1.78 bits per heavy atom. The topological polar surface area (TPSA) is 62.5 Å². The highest BCUT2D eigenvalue weighted by molar-refractivity contribution is 6.30. The zero-order valence-corrected chi connectivity index (χ0v) is 13.5. The predicted molar refractivity (Wildman–Crippen MR) is 91.7 cm³/mol. The molecule has 1 aliphatic heterocycles. The smallest absolute Gasteiger partial charge is 0.253 e. The van der Waals surface area contributed by atoms with E-state index in [2.05, 4.69) is 9.88 Å². The molecule has 1 saturated heterocycles. The van der Waals surface area contributed by atoms with Gasteiger partial charge in [-0.05, 0) is 29.8 Å². The maximum Gasteiger partial charge on any atom is 0.253 e. The summed E-state index contributed by atoms with van der Waals surface area (Å²) >= 11 is 5.86. The first-order valence-corrected chi connectivity index (χ1v) is 8.00. The number of aromatic nitrogens is 1. The van der Waals surface area contributed by atoms with Gasteiger partial charge in [0.2, 0.25) is 0 Å². The summed E-state index contributed by atoms with van der Waals surface area (Å²) in [6.45, 7) is 3.38. The zero-order chi connectivity index (χ0) is 16.2. The Kier molecular flexibility index (Phi) is 4.79. The van der Waals surface area contributed by atoms with Gasteiger partial charge in [0.05, 0.1) is 5.02 Å². The first-order valence-electron chi connectivity index (χ1n) is 7.62. The molecule has 2 aromatic rings. The minimum Gasteiger partial charge on any atom is -0.353 e. The van der Waals surface area contributed by atoms with Crippen LogP contribution in [0.2, 0.25) is 5.02 Å². The first-order chi connectivity index (χ1) is 11.2. The lowest BCUT2D eigenvalue weighted by atomic mass is 10.1.